The van der Waals surface area contributed by atoms with Gasteiger partial charge in [0.25, 0.3) is 5.91 Å². The molecule has 4 nitrogen and oxygen atoms in total. The number of nitrogens with one attached hydrogen (secondary N) is 1. The highest BCUT2D eigenvalue weighted by Crippen LogP contribution is 2.28. The third-order valence-electron chi connectivity index (χ3n) is 3.95. The molecule has 3 rings (SSSR count). The van der Waals surface area contributed by atoms with Gasteiger partial charge >= 0.3 is 0 Å². The van der Waals surface area contributed by atoms with Crippen molar-refractivity contribution in [2.24, 2.45) is 0 Å². The maximum absolute atomic E-state index is 12.7. The highest BCUT2D eigenvalue weighted by molar-refractivity contribution is 6.30. The molecule has 2 aromatic carbocycles. The number of imide groups is 1. The van der Waals surface area contributed by atoms with Crippen molar-refractivity contribution in [1.29, 1.82) is 0 Å². The van der Waals surface area contributed by atoms with Crippen molar-refractivity contribution >= 4 is 34.8 Å². The van der Waals surface area contributed by atoms with Crippen LogP contribution in [0.15, 0.2) is 48.5 Å². The first-order valence-electron chi connectivity index (χ1n) is 7.57. The van der Waals surface area contributed by atoms with Gasteiger partial charge in [0, 0.05) is 10.7 Å². The number of anilines is 2. The van der Waals surface area contributed by atoms with Crippen LogP contribution in [0.3, 0.4) is 0 Å². The van der Waals surface area contributed by atoms with Crippen LogP contribution in [0.5, 0.6) is 0 Å². The second kappa shape index (κ2) is 6.42. The summed E-state index contributed by atoms with van der Waals surface area (Å²) < 4.78 is 0. The summed E-state index contributed by atoms with van der Waals surface area (Å²) in [6.45, 7) is 2.01. The van der Waals surface area contributed by atoms with Gasteiger partial charge in [0.1, 0.15) is 6.04 Å². The maximum atomic E-state index is 12.7. The van der Waals surface area contributed by atoms with E-state index in [-0.39, 0.29) is 18.2 Å². The lowest BCUT2D eigenvalue weighted by Crippen LogP contribution is -2.35. The molecule has 5 heteroatoms. The maximum Gasteiger partial charge on any atom is 0.256 e. The van der Waals surface area contributed by atoms with Crippen molar-refractivity contribution in [3.63, 3.8) is 0 Å². The minimum atomic E-state index is -0.548. The van der Waals surface area contributed by atoms with Gasteiger partial charge in [0.05, 0.1) is 12.1 Å². The van der Waals surface area contributed by atoms with Crippen LogP contribution in [-0.2, 0) is 16.0 Å². The lowest BCUT2D eigenvalue weighted by atomic mass is 10.1. The Morgan fingerprint density at radius 3 is 2.52 bits per heavy atom. The lowest BCUT2D eigenvalue weighted by Gasteiger charge is -2.19. The van der Waals surface area contributed by atoms with Gasteiger partial charge in [-0.15, -0.1) is 0 Å². The van der Waals surface area contributed by atoms with Gasteiger partial charge in [0.2, 0.25) is 5.91 Å². The fourth-order valence-electron chi connectivity index (χ4n) is 2.77. The number of para-hydroxylation sites is 1. The molecule has 0 aliphatic carbocycles. The van der Waals surface area contributed by atoms with Crippen LogP contribution < -0.4 is 10.2 Å². The monoisotopic (exact) mass is 328 g/mol. The molecular formula is C18H17ClN2O2. The number of amides is 2. The summed E-state index contributed by atoms with van der Waals surface area (Å²) in [6, 6.07) is 14.0. The Kier molecular flexibility index (Phi) is 4.35. The molecule has 0 bridgehead atoms. The third kappa shape index (κ3) is 3.08. The van der Waals surface area contributed by atoms with Gasteiger partial charge in [-0.2, -0.15) is 0 Å². The summed E-state index contributed by atoms with van der Waals surface area (Å²) in [6.07, 6.45) is 0.919. The van der Waals surface area contributed by atoms with Gasteiger partial charge in [-0.1, -0.05) is 36.7 Å². The second-order valence-corrected chi connectivity index (χ2v) is 5.89. The number of aryl methyl sites for hydroxylation is 1. The molecule has 1 unspecified atom stereocenters. The first kappa shape index (κ1) is 15.6. The normalized spacial score (nSPS) is 17.7. The molecule has 1 heterocycles. The molecule has 23 heavy (non-hydrogen) atoms. The molecule has 0 radical (unpaired) electrons. The van der Waals surface area contributed by atoms with E-state index >= 15 is 0 Å². The van der Waals surface area contributed by atoms with E-state index < -0.39 is 6.04 Å². The number of carbonyl (C=O) groups excluding carboxylic acids is 2. The number of halogens is 1. The number of carbonyl (C=O) groups is 2. The molecule has 0 aromatic heterocycles. The van der Waals surface area contributed by atoms with E-state index in [2.05, 4.69) is 5.32 Å². The molecule has 2 aromatic rings. The van der Waals surface area contributed by atoms with Gasteiger partial charge in [-0.3, -0.25) is 9.59 Å². The van der Waals surface area contributed by atoms with Crippen molar-refractivity contribution in [2.45, 2.75) is 25.8 Å². The molecule has 118 valence electrons. The minimum Gasteiger partial charge on any atom is -0.373 e. The molecule has 1 saturated heterocycles. The van der Waals surface area contributed by atoms with Crippen LogP contribution in [0.4, 0.5) is 11.4 Å². The van der Waals surface area contributed by atoms with Crippen LogP contribution in [0.25, 0.3) is 0 Å². The second-order valence-electron chi connectivity index (χ2n) is 5.46. The molecular weight excluding hydrogens is 312 g/mol. The number of hydrogen-bond acceptors (Lipinski definition) is 3. The van der Waals surface area contributed by atoms with Gasteiger partial charge in [-0.05, 0) is 42.3 Å². The highest BCUT2D eigenvalue weighted by Gasteiger charge is 2.40. The zero-order chi connectivity index (χ0) is 16.4. The lowest BCUT2D eigenvalue weighted by molar-refractivity contribution is -0.121. The molecule has 1 atom stereocenters. The van der Waals surface area contributed by atoms with Gasteiger partial charge in [0.15, 0.2) is 0 Å². The average molecular weight is 329 g/mol. The summed E-state index contributed by atoms with van der Waals surface area (Å²) in [5, 5.41) is 3.74. The highest BCUT2D eigenvalue weighted by atomic mass is 35.5. The number of nitrogens with zero attached hydrogens (tertiary/aromatic N) is 1. The van der Waals surface area contributed by atoms with E-state index in [1.165, 1.54) is 4.90 Å². The van der Waals surface area contributed by atoms with Crippen molar-refractivity contribution in [3.8, 4) is 0 Å². The summed E-state index contributed by atoms with van der Waals surface area (Å²) in [5.41, 5.74) is 2.44. The summed E-state index contributed by atoms with van der Waals surface area (Å²) >= 11 is 5.86. The zero-order valence-corrected chi connectivity index (χ0v) is 13.5. The molecule has 1 aliphatic heterocycles. The predicted octanol–water partition coefficient (Wildman–Crippen LogP) is 3.65. The fourth-order valence-corrected chi connectivity index (χ4v) is 2.90. The Balaban J connectivity index is 1.84. The van der Waals surface area contributed by atoms with E-state index in [0.717, 1.165) is 17.7 Å². The van der Waals surface area contributed by atoms with Crippen LogP contribution in [0, 0.1) is 0 Å². The predicted molar refractivity (Wildman–Crippen MR) is 91.8 cm³/mol. The number of hydrogen-bond donors (Lipinski definition) is 1. The summed E-state index contributed by atoms with van der Waals surface area (Å²) in [7, 11) is 0. The van der Waals surface area contributed by atoms with Crippen molar-refractivity contribution in [1.82, 2.24) is 0 Å². The molecule has 1 aliphatic rings. The number of rotatable bonds is 4. The van der Waals surface area contributed by atoms with Crippen molar-refractivity contribution in [2.75, 3.05) is 10.2 Å². The summed E-state index contributed by atoms with van der Waals surface area (Å²) in [5.74, 6) is -0.395. The van der Waals surface area contributed by atoms with E-state index in [9.17, 15) is 9.59 Å². The topological polar surface area (TPSA) is 49.4 Å². The van der Waals surface area contributed by atoms with Crippen molar-refractivity contribution in [3.05, 3.63) is 59.1 Å². The Bertz CT molecular complexity index is 743. The fraction of sp³-hybridized carbons (Fsp3) is 0.222. The Hall–Kier alpha value is -2.33. The molecule has 0 spiro atoms. The first-order chi connectivity index (χ1) is 11.1. The van der Waals surface area contributed by atoms with Crippen LogP contribution in [-0.4, -0.2) is 17.9 Å². The van der Waals surface area contributed by atoms with Crippen LogP contribution >= 0.6 is 11.6 Å². The van der Waals surface area contributed by atoms with E-state index in [1.54, 1.807) is 24.3 Å². The smallest absolute Gasteiger partial charge is 0.256 e. The quantitative estimate of drug-likeness (QED) is 0.872. The largest absolute Gasteiger partial charge is 0.373 e. The molecule has 1 fully saturated rings. The Labute approximate surface area is 140 Å². The van der Waals surface area contributed by atoms with E-state index in [4.69, 9.17) is 11.6 Å². The van der Waals surface area contributed by atoms with Gasteiger partial charge < -0.3 is 5.32 Å². The molecule has 1 N–H and O–H groups in total. The molecule has 2 amide bonds. The summed E-state index contributed by atoms with van der Waals surface area (Å²) in [4.78, 5) is 26.3. The van der Waals surface area contributed by atoms with E-state index in [1.807, 2.05) is 31.2 Å². The van der Waals surface area contributed by atoms with Crippen molar-refractivity contribution < 1.29 is 9.59 Å². The Morgan fingerprint density at radius 1 is 1.13 bits per heavy atom. The number of benzene rings is 2. The zero-order valence-electron chi connectivity index (χ0n) is 12.8. The average Bonchev–Trinajstić information content (AvgIpc) is 2.83. The Morgan fingerprint density at radius 2 is 1.83 bits per heavy atom. The van der Waals surface area contributed by atoms with Gasteiger partial charge in [-0.25, -0.2) is 4.90 Å². The third-order valence-corrected chi connectivity index (χ3v) is 4.20. The van der Waals surface area contributed by atoms with E-state index in [0.29, 0.717) is 10.7 Å². The standard InChI is InChI=1S/C18H17ClN2O2/c1-2-12-5-3-4-6-16(12)21-17(22)11-15(18(21)23)20-14-9-7-13(19)8-10-14/h3-10,15,20H,2,11H2,1H3. The SMILES string of the molecule is CCc1ccccc1N1C(=O)CC(Nc2ccc(Cl)cc2)C1=O. The molecule has 0 saturated carbocycles. The van der Waals surface area contributed by atoms with Crippen LogP contribution in [0.2, 0.25) is 5.02 Å². The van der Waals surface area contributed by atoms with Crippen LogP contribution in [0.1, 0.15) is 18.9 Å². The minimum absolute atomic E-state index is 0.152. The first-order valence-corrected chi connectivity index (χ1v) is 7.94.